The highest BCUT2D eigenvalue weighted by atomic mass is 16.5. The van der Waals surface area contributed by atoms with Crippen LogP contribution < -0.4 is 4.74 Å². The minimum Gasteiger partial charge on any atom is -0.470 e. The van der Waals surface area contributed by atoms with Gasteiger partial charge in [-0.3, -0.25) is 0 Å². The molecule has 2 heteroatoms. The standard InChI is InChI=1S/C15H21NO/c1-4-12-9-13-8-10(2)15(12,13)17-14-7-5-6-11(3)16-14/h5-7,10,12-13H,4,8-9H2,1-3H3/t10-,12?,13?,15?/m0/s1. The molecule has 0 aromatic carbocycles. The second kappa shape index (κ2) is 3.72. The second-order valence-electron chi connectivity index (χ2n) is 5.75. The maximum absolute atomic E-state index is 6.32. The highest BCUT2D eigenvalue weighted by Gasteiger charge is 2.66. The van der Waals surface area contributed by atoms with Gasteiger partial charge in [0.1, 0.15) is 5.60 Å². The SMILES string of the molecule is CCC1CC2C[C@H](C)C12Oc1cccc(C)n1. The highest BCUT2D eigenvalue weighted by molar-refractivity contribution is 5.22. The summed E-state index contributed by atoms with van der Waals surface area (Å²) in [5, 5.41) is 0. The maximum Gasteiger partial charge on any atom is 0.213 e. The number of aryl methyl sites for hydroxylation is 1. The average Bonchev–Trinajstić information content (AvgIpc) is 2.31. The van der Waals surface area contributed by atoms with Gasteiger partial charge >= 0.3 is 0 Å². The van der Waals surface area contributed by atoms with Crippen LogP contribution in [-0.2, 0) is 0 Å². The minimum absolute atomic E-state index is 0.121. The predicted octanol–water partition coefficient (Wildman–Crippen LogP) is 3.59. The van der Waals surface area contributed by atoms with Crippen LogP contribution in [0, 0.1) is 24.7 Å². The third kappa shape index (κ3) is 1.42. The van der Waals surface area contributed by atoms with Crippen molar-refractivity contribution in [2.45, 2.75) is 45.6 Å². The lowest BCUT2D eigenvalue weighted by Crippen LogP contribution is -2.71. The van der Waals surface area contributed by atoms with E-state index in [1.165, 1.54) is 19.3 Å². The Morgan fingerprint density at radius 2 is 2.24 bits per heavy atom. The van der Waals surface area contributed by atoms with Gasteiger partial charge in [-0.2, -0.15) is 0 Å². The third-order valence-electron chi connectivity index (χ3n) is 4.89. The van der Waals surface area contributed by atoms with Gasteiger partial charge in [-0.1, -0.05) is 19.9 Å². The van der Waals surface area contributed by atoms with Gasteiger partial charge in [0.25, 0.3) is 0 Å². The number of rotatable bonds is 3. The fraction of sp³-hybridized carbons (Fsp3) is 0.667. The van der Waals surface area contributed by atoms with Gasteiger partial charge in [0.2, 0.25) is 5.88 Å². The van der Waals surface area contributed by atoms with E-state index in [0.29, 0.717) is 5.92 Å². The van der Waals surface area contributed by atoms with Gasteiger partial charge in [-0.15, -0.1) is 0 Å². The van der Waals surface area contributed by atoms with E-state index < -0.39 is 0 Å². The number of fused-ring (bicyclic) bond motifs is 1. The van der Waals surface area contributed by atoms with E-state index in [4.69, 9.17) is 4.74 Å². The van der Waals surface area contributed by atoms with Crippen LogP contribution in [0.3, 0.4) is 0 Å². The molecule has 2 aliphatic carbocycles. The molecule has 0 amide bonds. The average molecular weight is 231 g/mol. The number of hydrogen-bond donors (Lipinski definition) is 0. The van der Waals surface area contributed by atoms with Crippen LogP contribution in [-0.4, -0.2) is 10.6 Å². The molecule has 0 spiro atoms. The lowest BCUT2D eigenvalue weighted by molar-refractivity contribution is -0.239. The summed E-state index contributed by atoms with van der Waals surface area (Å²) in [6.45, 7) is 6.62. The number of pyridine rings is 1. The first-order chi connectivity index (χ1) is 8.16. The van der Waals surface area contributed by atoms with E-state index in [0.717, 1.165) is 23.4 Å². The van der Waals surface area contributed by atoms with Crippen LogP contribution in [0.4, 0.5) is 0 Å². The van der Waals surface area contributed by atoms with Crippen molar-refractivity contribution < 1.29 is 4.74 Å². The van der Waals surface area contributed by atoms with Crippen LogP contribution in [0.2, 0.25) is 0 Å². The molecule has 2 saturated carbocycles. The van der Waals surface area contributed by atoms with E-state index in [2.05, 4.69) is 18.8 Å². The molecular weight excluding hydrogens is 210 g/mol. The highest BCUT2D eigenvalue weighted by Crippen LogP contribution is 2.63. The van der Waals surface area contributed by atoms with E-state index in [9.17, 15) is 0 Å². The van der Waals surface area contributed by atoms with Crippen molar-refractivity contribution in [2.75, 3.05) is 0 Å². The monoisotopic (exact) mass is 231 g/mol. The Kier molecular flexibility index (Phi) is 2.42. The Bertz CT molecular complexity index is 425. The summed E-state index contributed by atoms with van der Waals surface area (Å²) in [6.07, 6.45) is 3.92. The first-order valence-corrected chi connectivity index (χ1v) is 6.79. The van der Waals surface area contributed by atoms with Gasteiger partial charge < -0.3 is 4.74 Å². The van der Waals surface area contributed by atoms with Crippen molar-refractivity contribution in [1.29, 1.82) is 0 Å². The normalized spacial score (nSPS) is 38.9. The fourth-order valence-corrected chi connectivity index (χ4v) is 3.93. The molecule has 3 rings (SSSR count). The third-order valence-corrected chi connectivity index (χ3v) is 4.89. The minimum atomic E-state index is 0.121. The summed E-state index contributed by atoms with van der Waals surface area (Å²) >= 11 is 0. The zero-order valence-electron chi connectivity index (χ0n) is 10.9. The molecule has 1 aromatic rings. The van der Waals surface area contributed by atoms with Gasteiger partial charge in [0.05, 0.1) is 0 Å². The molecule has 2 aliphatic rings. The number of aromatic nitrogens is 1. The quantitative estimate of drug-likeness (QED) is 0.793. The predicted molar refractivity (Wildman–Crippen MR) is 68.0 cm³/mol. The molecule has 1 aromatic heterocycles. The van der Waals surface area contributed by atoms with E-state index in [1.807, 2.05) is 25.1 Å². The lowest BCUT2D eigenvalue weighted by atomic mass is 9.44. The first-order valence-electron chi connectivity index (χ1n) is 6.79. The Morgan fingerprint density at radius 3 is 2.82 bits per heavy atom. The molecule has 0 aliphatic heterocycles. The first kappa shape index (κ1) is 11.1. The Labute approximate surface area is 103 Å². The molecule has 2 nitrogen and oxygen atoms in total. The van der Waals surface area contributed by atoms with Crippen molar-refractivity contribution in [3.63, 3.8) is 0 Å². The van der Waals surface area contributed by atoms with E-state index >= 15 is 0 Å². The molecule has 3 unspecified atom stereocenters. The molecule has 0 bridgehead atoms. The summed E-state index contributed by atoms with van der Waals surface area (Å²) in [5.74, 6) is 3.02. The molecule has 1 heterocycles. The van der Waals surface area contributed by atoms with Crippen LogP contribution in [0.25, 0.3) is 0 Å². The van der Waals surface area contributed by atoms with Crippen LogP contribution in [0.15, 0.2) is 18.2 Å². The van der Waals surface area contributed by atoms with Gasteiger partial charge in [-0.05, 0) is 44.1 Å². The number of nitrogens with zero attached hydrogens (tertiary/aromatic N) is 1. The summed E-state index contributed by atoms with van der Waals surface area (Å²) in [5.41, 5.74) is 1.16. The number of ether oxygens (including phenoxy) is 1. The molecule has 0 saturated heterocycles. The molecular formula is C15H21NO. The van der Waals surface area contributed by atoms with Crippen LogP contribution in [0.5, 0.6) is 5.88 Å². The van der Waals surface area contributed by atoms with Crippen molar-refractivity contribution in [2.24, 2.45) is 17.8 Å². The van der Waals surface area contributed by atoms with Gasteiger partial charge in [0, 0.05) is 17.7 Å². The smallest absolute Gasteiger partial charge is 0.213 e. The molecule has 4 atom stereocenters. The number of hydrogen-bond acceptors (Lipinski definition) is 2. The zero-order chi connectivity index (χ0) is 12.0. The van der Waals surface area contributed by atoms with E-state index in [-0.39, 0.29) is 5.60 Å². The van der Waals surface area contributed by atoms with Crippen molar-refractivity contribution >= 4 is 0 Å². The van der Waals surface area contributed by atoms with Gasteiger partial charge in [-0.25, -0.2) is 4.98 Å². The maximum atomic E-state index is 6.32. The van der Waals surface area contributed by atoms with Crippen LogP contribution >= 0.6 is 0 Å². The summed E-state index contributed by atoms with van der Waals surface area (Å²) < 4.78 is 6.32. The second-order valence-corrected chi connectivity index (χ2v) is 5.75. The Hall–Kier alpha value is -1.05. The van der Waals surface area contributed by atoms with Crippen molar-refractivity contribution in [3.8, 4) is 5.88 Å². The van der Waals surface area contributed by atoms with Crippen molar-refractivity contribution in [1.82, 2.24) is 4.98 Å². The Balaban J connectivity index is 1.84. The Morgan fingerprint density at radius 1 is 1.41 bits per heavy atom. The topological polar surface area (TPSA) is 22.1 Å². The molecule has 2 fully saturated rings. The summed E-state index contributed by atoms with van der Waals surface area (Å²) in [7, 11) is 0. The van der Waals surface area contributed by atoms with E-state index in [1.54, 1.807) is 0 Å². The van der Waals surface area contributed by atoms with Crippen molar-refractivity contribution in [3.05, 3.63) is 23.9 Å². The largest absolute Gasteiger partial charge is 0.470 e. The zero-order valence-corrected chi connectivity index (χ0v) is 10.9. The lowest BCUT2D eigenvalue weighted by Gasteiger charge is -2.66. The summed E-state index contributed by atoms with van der Waals surface area (Å²) in [4.78, 5) is 4.49. The molecule has 0 N–H and O–H groups in total. The summed E-state index contributed by atoms with van der Waals surface area (Å²) in [6, 6.07) is 6.05. The van der Waals surface area contributed by atoms with Gasteiger partial charge in [0.15, 0.2) is 0 Å². The fourth-order valence-electron chi connectivity index (χ4n) is 3.93. The van der Waals surface area contributed by atoms with Crippen LogP contribution in [0.1, 0.15) is 38.8 Å². The molecule has 92 valence electrons. The molecule has 0 radical (unpaired) electrons. The molecule has 17 heavy (non-hydrogen) atoms.